The van der Waals surface area contributed by atoms with Crippen molar-refractivity contribution in [2.24, 2.45) is 11.8 Å². The number of cyclic esters (lactones) is 1. The highest BCUT2D eigenvalue weighted by Crippen LogP contribution is 2.49. The lowest BCUT2D eigenvalue weighted by molar-refractivity contribution is -0.151. The summed E-state index contributed by atoms with van der Waals surface area (Å²) in [4.78, 5) is 28.5. The Morgan fingerprint density at radius 1 is 1.10 bits per heavy atom. The van der Waals surface area contributed by atoms with Crippen LogP contribution in [0.15, 0.2) is 11.6 Å². The molecule has 0 radical (unpaired) electrons. The van der Waals surface area contributed by atoms with Crippen molar-refractivity contribution in [3.63, 3.8) is 0 Å². The van der Waals surface area contributed by atoms with Crippen LogP contribution in [0.25, 0.3) is 0 Å². The van der Waals surface area contributed by atoms with E-state index >= 15 is 0 Å². The molecule has 0 amide bonds. The van der Waals surface area contributed by atoms with E-state index in [0.29, 0.717) is 54.9 Å². The fourth-order valence-corrected chi connectivity index (χ4v) is 6.47. The van der Waals surface area contributed by atoms with Crippen LogP contribution in [-0.2, 0) is 25.4 Å². The number of esters is 2. The molecule has 0 spiro atoms. The zero-order chi connectivity index (χ0) is 33.1. The van der Waals surface area contributed by atoms with Crippen molar-refractivity contribution in [3.8, 4) is 11.5 Å². The molecule has 3 rings (SSSR count). The third-order valence-corrected chi connectivity index (χ3v) is 8.46. The number of nitrogens with zero attached hydrogens (tertiary/aromatic N) is 1. The zero-order valence-corrected chi connectivity index (χ0v) is 26.5. The molecular formula is C33H51NO7. The second-order valence-corrected chi connectivity index (χ2v) is 12.0. The highest BCUT2D eigenvalue weighted by atomic mass is 16.6. The van der Waals surface area contributed by atoms with Gasteiger partial charge in [-0.05, 0) is 46.5 Å². The second-order valence-electron chi connectivity index (χ2n) is 12.0. The highest BCUT2D eigenvalue weighted by Gasteiger charge is 2.39. The summed E-state index contributed by atoms with van der Waals surface area (Å²) >= 11 is 0. The number of fused-ring (bicyclic) bond motifs is 1. The molecule has 8 heteroatoms. The van der Waals surface area contributed by atoms with E-state index in [1.165, 1.54) is 7.11 Å². The molecule has 0 bridgehead atoms. The number of morpholine rings is 1. The van der Waals surface area contributed by atoms with Gasteiger partial charge in [0.15, 0.2) is 0 Å². The Morgan fingerprint density at radius 2 is 1.76 bits per heavy atom. The lowest BCUT2D eigenvalue weighted by Crippen LogP contribution is -2.54. The summed E-state index contributed by atoms with van der Waals surface area (Å²) in [6.07, 6.45) is 2.36. The molecular weight excluding hydrogens is 522 g/mol. The topological polar surface area (TPSA) is 83.5 Å². The fourth-order valence-electron chi connectivity index (χ4n) is 6.47. The van der Waals surface area contributed by atoms with Gasteiger partial charge < -0.3 is 23.7 Å². The summed E-state index contributed by atoms with van der Waals surface area (Å²) in [5.74, 6) is -1.05. The van der Waals surface area contributed by atoms with Crippen molar-refractivity contribution < 1.29 is 37.4 Å². The van der Waals surface area contributed by atoms with Gasteiger partial charge in [-0.2, -0.15) is 0 Å². The summed E-state index contributed by atoms with van der Waals surface area (Å²) in [6, 6.07) is 0.553. The lowest BCUT2D eigenvalue weighted by Gasteiger charge is -2.42. The van der Waals surface area contributed by atoms with Gasteiger partial charge in [-0.25, -0.2) is 4.79 Å². The number of benzene rings is 1. The number of methoxy groups -OCH3 is 2. The first kappa shape index (κ1) is 28.5. The van der Waals surface area contributed by atoms with Gasteiger partial charge in [0.25, 0.3) is 0 Å². The van der Waals surface area contributed by atoms with Gasteiger partial charge in [-0.15, -0.1) is 0 Å². The predicted octanol–water partition coefficient (Wildman–Crippen LogP) is 6.25. The molecule has 0 aromatic heterocycles. The molecule has 1 fully saturated rings. The number of ether oxygens (including phenoxy) is 5. The maximum absolute atomic E-state index is 13.2. The number of carbonyl (C=O) groups excluding carboxylic acids is 2. The van der Waals surface area contributed by atoms with Crippen LogP contribution in [0, 0.1) is 11.8 Å². The molecule has 2 heterocycles. The molecule has 0 saturated carbocycles. The van der Waals surface area contributed by atoms with E-state index in [9.17, 15) is 9.59 Å². The molecule has 41 heavy (non-hydrogen) atoms. The van der Waals surface area contributed by atoms with Crippen LogP contribution in [0.1, 0.15) is 112 Å². The Labute approximate surface area is 250 Å². The van der Waals surface area contributed by atoms with Crippen molar-refractivity contribution in [2.75, 3.05) is 34.0 Å². The van der Waals surface area contributed by atoms with Crippen LogP contribution >= 0.6 is 0 Å². The number of carbonyl (C=O) groups is 2. The van der Waals surface area contributed by atoms with E-state index < -0.39 is 30.9 Å². The maximum atomic E-state index is 13.2. The predicted molar refractivity (Wildman–Crippen MR) is 160 cm³/mol. The standard InChI is InChI=1S/C33H51NO7/c1-12-26-28-24(9)41-33(36)29(28)31(38-11)27(30(26)37-10)19(4)13-25(18(2)3)14-20(5)32(35)40-17-23(8)34-21(6)15-39-16-22(34)7/h13,18-24H,12,14-17H2,1-11H3/b25-13-/i10D3. The van der Waals surface area contributed by atoms with Crippen molar-refractivity contribution in [3.05, 3.63) is 33.9 Å². The van der Waals surface area contributed by atoms with Gasteiger partial charge in [0.05, 0.1) is 37.4 Å². The molecule has 2 aliphatic rings. The minimum absolute atomic E-state index is 0.0614. The van der Waals surface area contributed by atoms with Gasteiger partial charge in [0, 0.05) is 40.7 Å². The molecule has 0 aliphatic carbocycles. The number of hydrogen-bond donors (Lipinski definition) is 0. The molecule has 6 unspecified atom stereocenters. The molecule has 230 valence electrons. The summed E-state index contributed by atoms with van der Waals surface area (Å²) in [5, 5.41) is 0. The Bertz CT molecular complexity index is 1220. The first-order valence-corrected chi connectivity index (χ1v) is 14.9. The number of allylic oxidation sites excluding steroid dienone is 2. The minimum Gasteiger partial charge on any atom is -0.496 e. The van der Waals surface area contributed by atoms with Gasteiger partial charge in [0.2, 0.25) is 0 Å². The average Bonchev–Trinajstić information content (AvgIpc) is 3.22. The van der Waals surface area contributed by atoms with Gasteiger partial charge in [0.1, 0.15) is 29.8 Å². The van der Waals surface area contributed by atoms with Crippen molar-refractivity contribution in [1.82, 2.24) is 4.90 Å². The van der Waals surface area contributed by atoms with Crippen LogP contribution in [0.2, 0.25) is 0 Å². The van der Waals surface area contributed by atoms with Gasteiger partial charge in [-0.3, -0.25) is 9.69 Å². The molecule has 1 saturated heterocycles. The number of hydrogen-bond acceptors (Lipinski definition) is 8. The number of rotatable bonds is 12. The normalized spacial score (nSPS) is 25.0. The van der Waals surface area contributed by atoms with Crippen LogP contribution in [0.4, 0.5) is 0 Å². The lowest BCUT2D eigenvalue weighted by atomic mass is 9.84. The molecule has 6 atom stereocenters. The third kappa shape index (κ3) is 6.91. The van der Waals surface area contributed by atoms with Crippen LogP contribution in [0.3, 0.4) is 0 Å². The van der Waals surface area contributed by atoms with E-state index in [-0.39, 0.29) is 41.5 Å². The quantitative estimate of drug-likeness (QED) is 0.213. The molecule has 1 aromatic rings. The van der Waals surface area contributed by atoms with Crippen molar-refractivity contribution in [2.45, 2.75) is 105 Å². The summed E-state index contributed by atoms with van der Waals surface area (Å²) in [6.45, 7) is 19.5. The van der Waals surface area contributed by atoms with E-state index in [2.05, 4.69) is 39.5 Å². The average molecular weight is 577 g/mol. The monoisotopic (exact) mass is 576 g/mol. The van der Waals surface area contributed by atoms with Crippen LogP contribution in [0.5, 0.6) is 11.5 Å². The second kappa shape index (κ2) is 14.1. The molecule has 0 N–H and O–H groups in total. The minimum atomic E-state index is -2.72. The van der Waals surface area contributed by atoms with Gasteiger partial charge >= 0.3 is 11.9 Å². The largest absolute Gasteiger partial charge is 0.496 e. The Hall–Kier alpha value is -2.58. The molecule has 8 nitrogen and oxygen atoms in total. The van der Waals surface area contributed by atoms with Crippen LogP contribution in [-0.4, -0.2) is 68.9 Å². The molecule has 2 aliphatic heterocycles. The highest BCUT2D eigenvalue weighted by molar-refractivity contribution is 5.99. The third-order valence-electron chi connectivity index (χ3n) is 8.46. The van der Waals surface area contributed by atoms with Crippen LogP contribution < -0.4 is 9.47 Å². The summed E-state index contributed by atoms with van der Waals surface area (Å²) in [7, 11) is -1.27. The molecule has 1 aromatic carbocycles. The van der Waals surface area contributed by atoms with Crippen molar-refractivity contribution in [1.29, 1.82) is 0 Å². The zero-order valence-electron chi connectivity index (χ0n) is 29.5. The Morgan fingerprint density at radius 3 is 2.32 bits per heavy atom. The first-order valence-electron chi connectivity index (χ1n) is 16.4. The van der Waals surface area contributed by atoms with Gasteiger partial charge in [-0.1, -0.05) is 46.3 Å². The fraction of sp³-hybridized carbons (Fsp3) is 0.697. The smallest absolute Gasteiger partial charge is 0.342 e. The van der Waals surface area contributed by atoms with E-state index in [1.807, 2.05) is 26.8 Å². The Balaban J connectivity index is 1.92. The van der Waals surface area contributed by atoms with E-state index in [1.54, 1.807) is 6.92 Å². The van der Waals surface area contributed by atoms with E-state index in [0.717, 1.165) is 5.57 Å². The summed E-state index contributed by atoms with van der Waals surface area (Å²) in [5.41, 5.74) is 3.00. The summed E-state index contributed by atoms with van der Waals surface area (Å²) < 4.78 is 52.1. The van der Waals surface area contributed by atoms with Crippen molar-refractivity contribution >= 4 is 11.9 Å². The maximum Gasteiger partial charge on any atom is 0.342 e. The van der Waals surface area contributed by atoms with E-state index in [4.69, 9.17) is 27.8 Å². The SMILES string of the molecule is [2H]C([2H])([2H])Oc1c(CC)c2c(c(OC)c1C(C)/C=C(/CC(C)C(=O)OCC(C)N1C(C)COCC1C)C(C)C)C(=O)OC2C. The first-order chi connectivity index (χ1) is 20.5. The Kier molecular flexibility index (Phi) is 9.78.